The van der Waals surface area contributed by atoms with E-state index in [0.717, 1.165) is 5.39 Å². The van der Waals surface area contributed by atoms with Gasteiger partial charge in [-0.2, -0.15) is 0 Å². The van der Waals surface area contributed by atoms with Crippen molar-refractivity contribution in [3.63, 3.8) is 0 Å². The van der Waals surface area contributed by atoms with E-state index in [1.54, 1.807) is 31.1 Å². The first-order valence-corrected chi connectivity index (χ1v) is 10.8. The lowest BCUT2D eigenvalue weighted by Crippen LogP contribution is -2.55. The number of Topliss-reactive ketones (excluding diaryl/α,β-unsaturated/α-hetero) is 2. The van der Waals surface area contributed by atoms with E-state index in [9.17, 15) is 29.7 Å². The van der Waals surface area contributed by atoms with E-state index >= 15 is 0 Å². The van der Waals surface area contributed by atoms with Gasteiger partial charge in [-0.25, -0.2) is 0 Å². The molecule has 0 aromatic heterocycles. The SMILES string of the molecule is CN(C)[C@@H]1C(O)=C(C(N)=O)C(=O)C2C(=O)C3=C(O)c4c(cc5ccccc5c4O)CC3C[C@H]21. The minimum atomic E-state index is -1.24. The van der Waals surface area contributed by atoms with Crippen molar-refractivity contribution in [1.29, 1.82) is 0 Å². The van der Waals surface area contributed by atoms with Gasteiger partial charge in [-0.3, -0.25) is 19.3 Å². The number of fused-ring (bicyclic) bond motifs is 4. The van der Waals surface area contributed by atoms with E-state index in [2.05, 4.69) is 0 Å². The smallest absolute Gasteiger partial charge is 0.255 e. The summed E-state index contributed by atoms with van der Waals surface area (Å²) in [5.74, 6) is -5.58. The Balaban J connectivity index is 1.70. The molecule has 0 saturated heterocycles. The number of nitrogens with zero attached hydrogens (tertiary/aromatic N) is 1. The highest BCUT2D eigenvalue weighted by Crippen LogP contribution is 2.51. The molecule has 0 bridgehead atoms. The first kappa shape index (κ1) is 21.2. The third kappa shape index (κ3) is 2.83. The number of phenols is 1. The zero-order valence-corrected chi connectivity index (χ0v) is 18.2. The van der Waals surface area contributed by atoms with Gasteiger partial charge in [0, 0.05) is 11.0 Å². The molecule has 3 aliphatic rings. The Morgan fingerprint density at radius 3 is 2.45 bits per heavy atom. The molecule has 0 spiro atoms. The molecule has 3 aliphatic carbocycles. The topological polar surface area (TPSA) is 141 Å². The van der Waals surface area contributed by atoms with Gasteiger partial charge < -0.3 is 21.1 Å². The van der Waals surface area contributed by atoms with Crippen molar-refractivity contribution in [3.8, 4) is 5.75 Å². The fourth-order valence-corrected chi connectivity index (χ4v) is 5.98. The summed E-state index contributed by atoms with van der Waals surface area (Å²) in [6.07, 6.45) is 0.733. The number of likely N-dealkylation sites (N-methyl/N-ethyl adjacent to an activating group) is 1. The van der Waals surface area contributed by atoms with Crippen LogP contribution in [0, 0.1) is 17.8 Å². The van der Waals surface area contributed by atoms with E-state index in [1.807, 2.05) is 18.2 Å². The number of rotatable bonds is 2. The predicted molar refractivity (Wildman–Crippen MR) is 120 cm³/mol. The molecule has 0 heterocycles. The second-order valence-corrected chi connectivity index (χ2v) is 9.28. The van der Waals surface area contributed by atoms with Crippen LogP contribution >= 0.6 is 0 Å². The molecule has 2 aromatic rings. The minimum Gasteiger partial charge on any atom is -0.510 e. The summed E-state index contributed by atoms with van der Waals surface area (Å²) < 4.78 is 0. The first-order valence-electron chi connectivity index (χ1n) is 10.8. The largest absolute Gasteiger partial charge is 0.510 e. The Hall–Kier alpha value is -3.65. The maximum Gasteiger partial charge on any atom is 0.255 e. The lowest BCUT2D eigenvalue weighted by Gasteiger charge is -2.46. The molecular formula is C25H24N2O6. The molecule has 0 radical (unpaired) electrons. The number of allylic oxidation sites excluding steroid dienone is 1. The fraction of sp³-hybridized carbons (Fsp3) is 0.320. The summed E-state index contributed by atoms with van der Waals surface area (Å²) in [6, 6.07) is 8.37. The molecule has 1 saturated carbocycles. The third-order valence-electron chi connectivity index (χ3n) is 7.28. The number of carbonyl (C=O) groups excluding carboxylic acids is 3. The number of phenolic OH excluding ortho intramolecular Hbond substituents is 1. The standard InChI is InChI=1S/C25H24N2O6/c1-27(2)19-14-9-12-8-11-7-10-5-3-4-6-13(10)20(28)15(11)21(29)16(12)22(30)17(14)23(31)18(24(19)32)25(26)33/h3-7,12,14,17,19,28-29,32H,8-9H2,1-2H3,(H2,26,33)/t12?,14-,17?,19+/m1/s1. The van der Waals surface area contributed by atoms with Crippen LogP contribution in [0.25, 0.3) is 16.5 Å². The van der Waals surface area contributed by atoms with Gasteiger partial charge >= 0.3 is 0 Å². The van der Waals surface area contributed by atoms with Crippen LogP contribution in [0.1, 0.15) is 17.5 Å². The average molecular weight is 448 g/mol. The van der Waals surface area contributed by atoms with E-state index in [1.165, 1.54) is 0 Å². The minimum absolute atomic E-state index is 0.0883. The first-order chi connectivity index (χ1) is 15.6. The number of carbonyl (C=O) groups is 3. The van der Waals surface area contributed by atoms with Gasteiger partial charge in [-0.1, -0.05) is 30.3 Å². The lowest BCUT2D eigenvalue weighted by molar-refractivity contribution is -0.136. The van der Waals surface area contributed by atoms with Crippen molar-refractivity contribution in [2.45, 2.75) is 18.9 Å². The highest BCUT2D eigenvalue weighted by atomic mass is 16.3. The van der Waals surface area contributed by atoms with Crippen molar-refractivity contribution in [1.82, 2.24) is 4.90 Å². The number of primary amides is 1. The summed E-state index contributed by atoms with van der Waals surface area (Å²) in [7, 11) is 3.39. The second-order valence-electron chi connectivity index (χ2n) is 9.28. The second kappa shape index (κ2) is 7.18. The van der Waals surface area contributed by atoms with Crippen LogP contribution in [0.15, 0.2) is 47.2 Å². The van der Waals surface area contributed by atoms with Gasteiger partial charge in [0.2, 0.25) is 0 Å². The number of aliphatic hydroxyl groups is 2. The Kier molecular flexibility index (Phi) is 4.61. The van der Waals surface area contributed by atoms with Gasteiger partial charge in [0.1, 0.15) is 22.8 Å². The molecule has 5 rings (SSSR count). The summed E-state index contributed by atoms with van der Waals surface area (Å²) in [4.78, 5) is 40.4. The number of amides is 1. The molecule has 8 heteroatoms. The Bertz CT molecular complexity index is 1320. The maximum atomic E-state index is 13.6. The summed E-state index contributed by atoms with van der Waals surface area (Å²) >= 11 is 0. The highest BCUT2D eigenvalue weighted by molar-refractivity contribution is 6.28. The van der Waals surface area contributed by atoms with E-state index in [4.69, 9.17) is 5.73 Å². The number of aliphatic hydroxyl groups excluding tert-OH is 2. The van der Waals surface area contributed by atoms with Crippen LogP contribution in [0.4, 0.5) is 0 Å². The molecule has 2 unspecified atom stereocenters. The van der Waals surface area contributed by atoms with Crippen LogP contribution in [0.2, 0.25) is 0 Å². The predicted octanol–water partition coefficient (Wildman–Crippen LogP) is 2.00. The zero-order valence-electron chi connectivity index (χ0n) is 18.2. The summed E-state index contributed by atoms with van der Waals surface area (Å²) in [5, 5.41) is 34.2. The zero-order chi connectivity index (χ0) is 23.8. The molecule has 2 aromatic carbocycles. The van der Waals surface area contributed by atoms with Crippen LogP contribution in [0.3, 0.4) is 0 Å². The van der Waals surface area contributed by atoms with Crippen molar-refractivity contribution in [2.24, 2.45) is 23.5 Å². The van der Waals surface area contributed by atoms with Crippen molar-refractivity contribution >= 4 is 34.0 Å². The number of aromatic hydroxyl groups is 1. The Morgan fingerprint density at radius 1 is 1.09 bits per heavy atom. The van der Waals surface area contributed by atoms with Gasteiger partial charge in [0.05, 0.1) is 17.5 Å². The van der Waals surface area contributed by atoms with Gasteiger partial charge in [0.15, 0.2) is 11.6 Å². The summed E-state index contributed by atoms with van der Waals surface area (Å²) in [6.45, 7) is 0. The normalized spacial score (nSPS) is 27.0. The molecule has 5 N–H and O–H groups in total. The van der Waals surface area contributed by atoms with Crippen molar-refractivity contribution in [2.75, 3.05) is 14.1 Å². The van der Waals surface area contributed by atoms with E-state index < -0.39 is 52.6 Å². The van der Waals surface area contributed by atoms with Crippen LogP contribution in [-0.4, -0.2) is 57.8 Å². The van der Waals surface area contributed by atoms with Crippen molar-refractivity contribution in [3.05, 3.63) is 58.4 Å². The van der Waals surface area contributed by atoms with Gasteiger partial charge in [-0.15, -0.1) is 0 Å². The average Bonchev–Trinajstić information content (AvgIpc) is 2.72. The molecule has 8 nitrogen and oxygen atoms in total. The lowest BCUT2D eigenvalue weighted by atomic mass is 9.59. The number of nitrogens with two attached hydrogens (primary N) is 1. The molecule has 170 valence electrons. The molecular weight excluding hydrogens is 424 g/mol. The monoisotopic (exact) mass is 448 g/mol. The number of ketones is 2. The molecule has 4 atom stereocenters. The van der Waals surface area contributed by atoms with Gasteiger partial charge in [-0.05, 0) is 49.7 Å². The van der Waals surface area contributed by atoms with E-state index in [-0.39, 0.29) is 22.6 Å². The summed E-state index contributed by atoms with van der Waals surface area (Å²) in [5.41, 5.74) is 5.81. The third-order valence-corrected chi connectivity index (χ3v) is 7.28. The molecule has 1 fully saturated rings. The molecule has 0 aliphatic heterocycles. The maximum absolute atomic E-state index is 13.6. The Labute approximate surface area is 189 Å². The van der Waals surface area contributed by atoms with Crippen LogP contribution < -0.4 is 5.73 Å². The fourth-order valence-electron chi connectivity index (χ4n) is 5.98. The molecule has 1 amide bonds. The van der Waals surface area contributed by atoms with Crippen LogP contribution in [-0.2, 0) is 20.8 Å². The molecule has 33 heavy (non-hydrogen) atoms. The van der Waals surface area contributed by atoms with Crippen LogP contribution in [0.5, 0.6) is 5.75 Å². The quantitative estimate of drug-likeness (QED) is 0.407. The number of hydrogen-bond donors (Lipinski definition) is 4. The van der Waals surface area contributed by atoms with Gasteiger partial charge in [0.25, 0.3) is 5.91 Å². The number of hydrogen-bond acceptors (Lipinski definition) is 7. The Morgan fingerprint density at radius 2 is 1.79 bits per heavy atom. The number of benzene rings is 2. The van der Waals surface area contributed by atoms with E-state index in [0.29, 0.717) is 23.8 Å². The highest BCUT2D eigenvalue weighted by Gasteiger charge is 2.55. The van der Waals surface area contributed by atoms with Crippen molar-refractivity contribution < 1.29 is 29.7 Å².